The van der Waals surface area contributed by atoms with E-state index in [4.69, 9.17) is 4.74 Å². The van der Waals surface area contributed by atoms with Gasteiger partial charge in [-0.3, -0.25) is 19.3 Å². The number of ether oxygens (including phenoxy) is 1. The van der Waals surface area contributed by atoms with Gasteiger partial charge in [0.15, 0.2) is 0 Å². The molecule has 2 heterocycles. The van der Waals surface area contributed by atoms with Gasteiger partial charge in [0.05, 0.1) is 25.0 Å². The number of hydrogen-bond donors (Lipinski definition) is 0. The molecule has 6 nitrogen and oxygen atoms in total. The first-order chi connectivity index (χ1) is 11.6. The minimum absolute atomic E-state index is 0.121. The van der Waals surface area contributed by atoms with E-state index in [1.165, 1.54) is 4.90 Å². The molecule has 24 heavy (non-hydrogen) atoms. The number of morpholine rings is 1. The molecular weight excluding hydrogens is 308 g/mol. The van der Waals surface area contributed by atoms with Gasteiger partial charge >= 0.3 is 0 Å². The van der Waals surface area contributed by atoms with E-state index in [1.54, 1.807) is 11.8 Å². The summed E-state index contributed by atoms with van der Waals surface area (Å²) in [5.41, 5.74) is 0. The monoisotopic (exact) mass is 330 g/mol. The number of amides is 3. The first-order valence-corrected chi connectivity index (χ1v) is 9.01. The second-order valence-electron chi connectivity index (χ2n) is 7.81. The van der Waals surface area contributed by atoms with E-state index in [9.17, 15) is 14.4 Å². The van der Waals surface area contributed by atoms with Crippen molar-refractivity contribution in [3.63, 3.8) is 0 Å². The molecule has 7 atom stereocenters. The standard InChI is InChI=1S/C18H22N2O4/c1-9(16(21)19-4-6-24-7-5-19)20-17(22)14-10-2-3-11(13-8-12(10)13)15(14)18(20)23/h2-3,9-15H,4-8H2,1H3/t9-,10-,11-,12-,13-,14+,15+/m1/s1. The fourth-order valence-electron chi connectivity index (χ4n) is 5.52. The van der Waals surface area contributed by atoms with Gasteiger partial charge < -0.3 is 9.64 Å². The van der Waals surface area contributed by atoms with E-state index < -0.39 is 6.04 Å². The Hall–Kier alpha value is -1.69. The molecule has 2 saturated carbocycles. The molecule has 128 valence electrons. The van der Waals surface area contributed by atoms with Crippen LogP contribution in [0, 0.1) is 35.5 Å². The Kier molecular flexibility index (Phi) is 2.99. The highest BCUT2D eigenvalue weighted by Gasteiger charge is 2.67. The van der Waals surface area contributed by atoms with Crippen LogP contribution >= 0.6 is 0 Å². The summed E-state index contributed by atoms with van der Waals surface area (Å²) in [4.78, 5) is 41.8. The first kappa shape index (κ1) is 14.6. The second-order valence-corrected chi connectivity index (χ2v) is 7.81. The molecule has 0 aromatic rings. The molecule has 3 amide bonds. The molecule has 6 aliphatic rings. The highest BCUT2D eigenvalue weighted by Crippen LogP contribution is 2.65. The highest BCUT2D eigenvalue weighted by atomic mass is 16.5. The molecule has 6 rings (SSSR count). The van der Waals surface area contributed by atoms with E-state index in [1.807, 2.05) is 0 Å². The maximum atomic E-state index is 13.0. The van der Waals surface area contributed by atoms with Crippen LogP contribution in [0.5, 0.6) is 0 Å². The Balaban J connectivity index is 1.40. The smallest absolute Gasteiger partial charge is 0.245 e. The van der Waals surface area contributed by atoms with Crippen LogP contribution in [0.25, 0.3) is 0 Å². The van der Waals surface area contributed by atoms with Crippen molar-refractivity contribution in [2.24, 2.45) is 35.5 Å². The first-order valence-electron chi connectivity index (χ1n) is 9.01. The Morgan fingerprint density at radius 2 is 1.62 bits per heavy atom. The molecule has 4 aliphatic carbocycles. The van der Waals surface area contributed by atoms with Crippen LogP contribution in [0.1, 0.15) is 13.3 Å². The summed E-state index contributed by atoms with van der Waals surface area (Å²) in [7, 11) is 0. The molecule has 6 heteroatoms. The van der Waals surface area contributed by atoms with Crippen molar-refractivity contribution in [2.45, 2.75) is 19.4 Å². The second kappa shape index (κ2) is 4.91. The minimum Gasteiger partial charge on any atom is -0.378 e. The fourth-order valence-corrected chi connectivity index (χ4v) is 5.52. The van der Waals surface area contributed by atoms with E-state index in [2.05, 4.69) is 12.2 Å². The summed E-state index contributed by atoms with van der Waals surface area (Å²) in [5, 5.41) is 0. The van der Waals surface area contributed by atoms with E-state index in [-0.39, 0.29) is 41.4 Å². The van der Waals surface area contributed by atoms with Gasteiger partial charge in [0.25, 0.3) is 0 Å². The number of hydrogen-bond acceptors (Lipinski definition) is 4. The minimum atomic E-state index is -0.704. The van der Waals surface area contributed by atoms with Crippen molar-refractivity contribution in [1.29, 1.82) is 0 Å². The summed E-state index contributed by atoms with van der Waals surface area (Å²) < 4.78 is 5.28. The molecule has 4 fully saturated rings. The van der Waals surface area contributed by atoms with Gasteiger partial charge in [0.2, 0.25) is 17.7 Å². The Morgan fingerprint density at radius 3 is 2.17 bits per heavy atom. The molecule has 0 aromatic heterocycles. The number of likely N-dealkylation sites (tertiary alicyclic amines) is 1. The van der Waals surface area contributed by atoms with E-state index in [0.29, 0.717) is 38.1 Å². The lowest BCUT2D eigenvalue weighted by molar-refractivity contribution is -0.152. The topological polar surface area (TPSA) is 66.9 Å². The average molecular weight is 330 g/mol. The van der Waals surface area contributed by atoms with Crippen molar-refractivity contribution in [2.75, 3.05) is 26.3 Å². The highest BCUT2D eigenvalue weighted by molar-refractivity contribution is 6.09. The van der Waals surface area contributed by atoms with Gasteiger partial charge in [-0.1, -0.05) is 12.2 Å². The zero-order chi connectivity index (χ0) is 16.6. The summed E-state index contributed by atoms with van der Waals surface area (Å²) in [6.45, 7) is 3.79. The van der Waals surface area contributed by atoms with Gasteiger partial charge in [0.1, 0.15) is 6.04 Å². The maximum Gasteiger partial charge on any atom is 0.245 e. The van der Waals surface area contributed by atoms with Crippen LogP contribution in [-0.4, -0.2) is 59.9 Å². The number of allylic oxidation sites excluding steroid dienone is 2. The molecular formula is C18H22N2O4. The van der Waals surface area contributed by atoms with E-state index >= 15 is 0 Å². The number of carbonyl (C=O) groups is 3. The molecule has 0 spiro atoms. The van der Waals surface area contributed by atoms with Crippen LogP contribution in [0.15, 0.2) is 12.2 Å². The lowest BCUT2D eigenvalue weighted by Crippen LogP contribution is -2.52. The Labute approximate surface area is 140 Å². The van der Waals surface area contributed by atoms with Gasteiger partial charge in [-0.25, -0.2) is 0 Å². The Bertz CT molecular complexity index is 617. The largest absolute Gasteiger partial charge is 0.378 e. The number of rotatable bonds is 2. The molecule has 2 aliphatic heterocycles. The van der Waals surface area contributed by atoms with Crippen LogP contribution < -0.4 is 0 Å². The van der Waals surface area contributed by atoms with Crippen LogP contribution in [0.3, 0.4) is 0 Å². The molecule has 0 N–H and O–H groups in total. The van der Waals surface area contributed by atoms with Crippen LogP contribution in [0.4, 0.5) is 0 Å². The Morgan fingerprint density at radius 1 is 1.08 bits per heavy atom. The summed E-state index contributed by atoms with van der Waals surface area (Å²) in [6.07, 6.45) is 5.46. The molecule has 2 bridgehead atoms. The van der Waals surface area contributed by atoms with E-state index in [0.717, 1.165) is 6.42 Å². The molecule has 0 radical (unpaired) electrons. The van der Waals surface area contributed by atoms with Crippen molar-refractivity contribution in [3.05, 3.63) is 12.2 Å². The normalized spacial score (nSPS) is 43.7. The van der Waals surface area contributed by atoms with Crippen molar-refractivity contribution in [1.82, 2.24) is 9.80 Å². The lowest BCUT2D eigenvalue weighted by Gasteiger charge is -2.37. The quantitative estimate of drug-likeness (QED) is 0.539. The van der Waals surface area contributed by atoms with Crippen molar-refractivity contribution in [3.8, 4) is 0 Å². The van der Waals surface area contributed by atoms with Gasteiger partial charge in [-0.05, 0) is 37.0 Å². The zero-order valence-corrected chi connectivity index (χ0v) is 13.8. The summed E-state index contributed by atoms with van der Waals surface area (Å²) >= 11 is 0. The van der Waals surface area contributed by atoms with Crippen LogP contribution in [-0.2, 0) is 19.1 Å². The van der Waals surface area contributed by atoms with Crippen LogP contribution in [0.2, 0.25) is 0 Å². The number of nitrogens with zero attached hydrogens (tertiary/aromatic N) is 2. The summed E-state index contributed by atoms with van der Waals surface area (Å²) in [6, 6.07) is -0.704. The third-order valence-electron chi connectivity index (χ3n) is 6.76. The lowest BCUT2D eigenvalue weighted by atomic mass is 9.63. The zero-order valence-electron chi connectivity index (χ0n) is 13.8. The van der Waals surface area contributed by atoms with Gasteiger partial charge in [0, 0.05) is 13.1 Å². The summed E-state index contributed by atoms with van der Waals surface area (Å²) in [5.74, 6) is 0.754. The third kappa shape index (κ3) is 1.78. The number of imide groups is 1. The molecule has 0 unspecified atom stereocenters. The maximum absolute atomic E-state index is 13.0. The SMILES string of the molecule is C[C@H](C(=O)N1CCOCC1)N1C(=O)[C@H]2[C@@H]3C=C[C@H]([C@H]4C[C@H]34)[C@@H]2C1=O. The number of carbonyl (C=O) groups excluding carboxylic acids is 3. The predicted molar refractivity (Wildman–Crippen MR) is 83.4 cm³/mol. The van der Waals surface area contributed by atoms with Gasteiger partial charge in [-0.15, -0.1) is 0 Å². The average Bonchev–Trinajstić information content (AvgIpc) is 3.39. The van der Waals surface area contributed by atoms with Gasteiger partial charge in [-0.2, -0.15) is 0 Å². The fraction of sp³-hybridized carbons (Fsp3) is 0.722. The third-order valence-corrected chi connectivity index (χ3v) is 6.76. The van der Waals surface area contributed by atoms with Crippen molar-refractivity contribution >= 4 is 17.7 Å². The predicted octanol–water partition coefficient (Wildman–Crippen LogP) is 0.287. The van der Waals surface area contributed by atoms with Crippen molar-refractivity contribution < 1.29 is 19.1 Å². The molecule has 2 saturated heterocycles. The molecule has 0 aromatic carbocycles.